The van der Waals surface area contributed by atoms with Gasteiger partial charge in [-0.25, -0.2) is 14.1 Å². The van der Waals surface area contributed by atoms with Gasteiger partial charge < -0.3 is 9.67 Å². The molecule has 0 saturated heterocycles. The minimum Gasteiger partial charge on any atom is -0.477 e. The number of aromatic nitrogens is 1. The predicted molar refractivity (Wildman–Crippen MR) is 94.5 cm³/mol. The quantitative estimate of drug-likeness (QED) is 0.717. The lowest BCUT2D eigenvalue weighted by Crippen LogP contribution is -2.42. The van der Waals surface area contributed by atoms with Crippen LogP contribution < -0.4 is 4.90 Å². The molecule has 2 amide bonds. The van der Waals surface area contributed by atoms with Crippen LogP contribution in [-0.2, 0) is 24.9 Å². The number of rotatable bonds is 3. The molecule has 0 radical (unpaired) electrons. The highest BCUT2D eigenvalue weighted by Gasteiger charge is 2.37. The summed E-state index contributed by atoms with van der Waals surface area (Å²) in [5.41, 5.74) is 1.70. The van der Waals surface area contributed by atoms with E-state index in [0.29, 0.717) is 27.6 Å². The molecule has 0 aliphatic carbocycles. The average Bonchev–Trinajstić information content (AvgIpc) is 3.18. The lowest BCUT2D eigenvalue weighted by Gasteiger charge is -2.25. The highest BCUT2D eigenvalue weighted by atomic mass is 32.1. The Morgan fingerprint density at radius 1 is 1.31 bits per heavy atom. The first-order chi connectivity index (χ1) is 12.4. The Kier molecular flexibility index (Phi) is 3.66. The Balaban J connectivity index is 2.04. The van der Waals surface area contributed by atoms with Crippen LogP contribution in [0.1, 0.15) is 32.0 Å². The molecule has 132 valence electrons. The van der Waals surface area contributed by atoms with E-state index in [1.165, 1.54) is 22.0 Å². The number of benzene rings is 1. The Morgan fingerprint density at radius 3 is 2.77 bits per heavy atom. The molecule has 0 unspecified atom stereocenters. The lowest BCUT2D eigenvalue weighted by atomic mass is 10.0. The van der Waals surface area contributed by atoms with Crippen molar-refractivity contribution in [3.05, 3.63) is 51.3 Å². The zero-order chi connectivity index (χ0) is 18.6. The summed E-state index contributed by atoms with van der Waals surface area (Å²) in [4.78, 5) is 38.4. The van der Waals surface area contributed by atoms with Gasteiger partial charge in [0.1, 0.15) is 6.67 Å². The highest BCUT2D eigenvalue weighted by Crippen LogP contribution is 2.38. The molecule has 0 atom stereocenters. The molecule has 0 saturated carbocycles. The maximum Gasteiger partial charge on any atom is 0.354 e. The number of thiophene rings is 1. The van der Waals surface area contributed by atoms with Gasteiger partial charge >= 0.3 is 5.97 Å². The molecule has 1 N–H and O–H groups in total. The normalized spacial score (nSPS) is 14.2. The van der Waals surface area contributed by atoms with Gasteiger partial charge in [0.25, 0.3) is 5.91 Å². The molecule has 8 heteroatoms. The summed E-state index contributed by atoms with van der Waals surface area (Å²) < 4.78 is 14.5. The van der Waals surface area contributed by atoms with E-state index in [2.05, 4.69) is 0 Å². The molecule has 1 aliphatic heterocycles. The first-order valence-electron chi connectivity index (χ1n) is 7.77. The fraction of sp³-hybridized carbons (Fsp3) is 0.167. The van der Waals surface area contributed by atoms with Crippen molar-refractivity contribution in [2.75, 3.05) is 4.90 Å². The van der Waals surface area contributed by atoms with E-state index in [1.807, 2.05) is 0 Å². The second kappa shape index (κ2) is 5.77. The third-order valence-corrected chi connectivity index (χ3v) is 5.38. The summed E-state index contributed by atoms with van der Waals surface area (Å²) in [6.45, 7) is -0.733. The van der Waals surface area contributed by atoms with Gasteiger partial charge in [-0.2, -0.15) is 11.3 Å². The summed E-state index contributed by atoms with van der Waals surface area (Å²) >= 11 is 1.31. The number of carbonyl (C=O) groups is 3. The number of hydrogen-bond acceptors (Lipinski definition) is 4. The van der Waals surface area contributed by atoms with Crippen LogP contribution >= 0.6 is 11.3 Å². The van der Waals surface area contributed by atoms with Crippen LogP contribution in [0, 0.1) is 0 Å². The van der Waals surface area contributed by atoms with Gasteiger partial charge in [-0.1, -0.05) is 6.07 Å². The fourth-order valence-corrected chi connectivity index (χ4v) is 4.21. The van der Waals surface area contributed by atoms with Gasteiger partial charge in [0, 0.05) is 17.8 Å². The first-order valence-corrected chi connectivity index (χ1v) is 8.71. The van der Waals surface area contributed by atoms with Gasteiger partial charge in [-0.05, 0) is 28.6 Å². The number of carboxylic acids is 1. The molecule has 1 aromatic carbocycles. The Hall–Kier alpha value is -3.00. The summed E-state index contributed by atoms with van der Waals surface area (Å²) in [6.07, 6.45) is 0.0167. The largest absolute Gasteiger partial charge is 0.477 e. The van der Waals surface area contributed by atoms with Crippen molar-refractivity contribution >= 4 is 45.7 Å². The molecule has 0 spiro atoms. The number of carbonyl (C=O) groups excluding carboxylic acids is 2. The highest BCUT2D eigenvalue weighted by molar-refractivity contribution is 7.08. The third-order valence-electron chi connectivity index (χ3n) is 4.58. The van der Waals surface area contributed by atoms with E-state index in [0.717, 1.165) is 4.90 Å². The van der Waals surface area contributed by atoms with Crippen molar-refractivity contribution < 1.29 is 23.9 Å². The third kappa shape index (κ3) is 2.19. The first kappa shape index (κ1) is 16.5. The number of alkyl halides is 1. The minimum atomic E-state index is -1.27. The molecule has 3 aromatic rings. The molecular weight excluding hydrogens is 359 g/mol. The predicted octanol–water partition coefficient (Wildman–Crippen LogP) is 3.14. The number of halogens is 1. The van der Waals surface area contributed by atoms with E-state index in [-0.39, 0.29) is 17.8 Å². The van der Waals surface area contributed by atoms with Crippen LogP contribution in [0.3, 0.4) is 0 Å². The second-order valence-corrected chi connectivity index (χ2v) is 6.81. The van der Waals surface area contributed by atoms with E-state index < -0.39 is 24.5 Å². The molecule has 4 rings (SSSR count). The smallest absolute Gasteiger partial charge is 0.354 e. The van der Waals surface area contributed by atoms with Gasteiger partial charge in [-0.15, -0.1) is 0 Å². The van der Waals surface area contributed by atoms with Crippen molar-refractivity contribution in [3.8, 4) is 0 Å². The molecule has 2 aromatic heterocycles. The van der Waals surface area contributed by atoms with Gasteiger partial charge in [0.2, 0.25) is 5.91 Å². The van der Waals surface area contributed by atoms with Crippen LogP contribution in [-0.4, -0.2) is 27.5 Å². The number of hydrogen-bond donors (Lipinski definition) is 1. The fourth-order valence-electron chi connectivity index (χ4n) is 3.38. The number of amides is 2. The second-order valence-electron chi connectivity index (χ2n) is 6.07. The lowest BCUT2D eigenvalue weighted by molar-refractivity contribution is -0.117. The molecule has 3 heterocycles. The molecule has 26 heavy (non-hydrogen) atoms. The number of imide groups is 1. The van der Waals surface area contributed by atoms with Crippen molar-refractivity contribution in [2.45, 2.75) is 13.1 Å². The van der Waals surface area contributed by atoms with Crippen molar-refractivity contribution in [1.29, 1.82) is 0 Å². The number of aromatic carboxylic acids is 1. The number of aryl methyl sites for hydroxylation is 1. The Morgan fingerprint density at radius 2 is 2.08 bits per heavy atom. The van der Waals surface area contributed by atoms with Crippen LogP contribution in [0.4, 0.5) is 10.1 Å². The van der Waals surface area contributed by atoms with E-state index >= 15 is 0 Å². The summed E-state index contributed by atoms with van der Waals surface area (Å²) in [6, 6.07) is 4.63. The maximum absolute atomic E-state index is 13.1. The summed E-state index contributed by atoms with van der Waals surface area (Å²) in [5.74, 6) is -2.32. The number of carboxylic acid groups (broad SMARTS) is 1. The number of anilines is 1. The monoisotopic (exact) mass is 372 g/mol. The molecule has 0 fully saturated rings. The Labute approximate surface area is 151 Å². The summed E-state index contributed by atoms with van der Waals surface area (Å²) in [7, 11) is 1.54. The van der Waals surface area contributed by atoms with Crippen LogP contribution in [0.5, 0.6) is 0 Å². The number of fused-ring (bicyclic) bond motifs is 2. The van der Waals surface area contributed by atoms with E-state index in [4.69, 9.17) is 0 Å². The standard InChI is InChI=1S/C18H13FN2O4S/c1-20-13-3-2-9(6-19)4-11(13)15(16(20)18(24)25)21-14(22)5-10-7-26-8-12(10)17(21)23/h2-4,7-8H,5-6H2,1H3,(H,24,25). The SMILES string of the molecule is Cn1c(C(=O)O)c(N2C(=O)Cc3cscc3C2=O)c2cc(CF)ccc21. The van der Waals surface area contributed by atoms with Crippen molar-refractivity contribution in [1.82, 2.24) is 4.57 Å². The minimum absolute atomic E-state index is 0.00264. The van der Waals surface area contributed by atoms with Gasteiger partial charge in [0.15, 0.2) is 5.69 Å². The average molecular weight is 372 g/mol. The Bertz CT molecular complexity index is 1100. The van der Waals surface area contributed by atoms with Crippen molar-refractivity contribution in [3.63, 3.8) is 0 Å². The van der Waals surface area contributed by atoms with Crippen LogP contribution in [0.2, 0.25) is 0 Å². The molecular formula is C18H13FN2O4S. The maximum atomic E-state index is 13.1. The molecule has 1 aliphatic rings. The van der Waals surface area contributed by atoms with Crippen LogP contribution in [0.25, 0.3) is 10.9 Å². The van der Waals surface area contributed by atoms with Crippen LogP contribution in [0.15, 0.2) is 29.0 Å². The zero-order valence-electron chi connectivity index (χ0n) is 13.7. The summed E-state index contributed by atoms with van der Waals surface area (Å²) in [5, 5.41) is 13.4. The molecule has 6 nitrogen and oxygen atoms in total. The van der Waals surface area contributed by atoms with Gasteiger partial charge in [-0.3, -0.25) is 9.59 Å². The topological polar surface area (TPSA) is 79.6 Å². The van der Waals surface area contributed by atoms with Gasteiger partial charge in [0.05, 0.1) is 23.2 Å². The van der Waals surface area contributed by atoms with E-state index in [9.17, 15) is 23.9 Å². The number of nitrogens with zero attached hydrogens (tertiary/aromatic N) is 2. The van der Waals surface area contributed by atoms with E-state index in [1.54, 1.807) is 29.9 Å². The van der Waals surface area contributed by atoms with Crippen molar-refractivity contribution in [2.24, 2.45) is 7.05 Å². The molecule has 0 bridgehead atoms. The zero-order valence-corrected chi connectivity index (χ0v) is 14.5.